The van der Waals surface area contributed by atoms with Gasteiger partial charge in [0.2, 0.25) is 0 Å². The summed E-state index contributed by atoms with van der Waals surface area (Å²) in [4.78, 5) is 5.16. The van der Waals surface area contributed by atoms with E-state index in [-0.39, 0.29) is 0 Å². The zero-order chi connectivity index (χ0) is 20.1. The van der Waals surface area contributed by atoms with E-state index in [0.29, 0.717) is 31.3 Å². The zero-order valence-corrected chi connectivity index (χ0v) is 19.4. The molecular weight excluding hydrogens is 481 g/mol. The van der Waals surface area contributed by atoms with Crippen LogP contribution in [0.3, 0.4) is 0 Å². The van der Waals surface area contributed by atoms with Crippen molar-refractivity contribution in [2.75, 3.05) is 19.8 Å². The normalized spacial score (nSPS) is 10.3. The minimum Gasteiger partial charge on any atom is -0.490 e. The van der Waals surface area contributed by atoms with Crippen molar-refractivity contribution in [1.29, 1.82) is 0 Å². The summed E-state index contributed by atoms with van der Waals surface area (Å²) in [6.45, 7) is 7.15. The van der Waals surface area contributed by atoms with Gasteiger partial charge in [-0.15, -0.1) is 0 Å². The molecule has 0 aliphatic carbocycles. The first-order valence-electron chi connectivity index (χ1n) is 9.10. The highest BCUT2D eigenvalue weighted by Gasteiger charge is 2.10. The molecule has 0 N–H and O–H groups in total. The van der Waals surface area contributed by atoms with Gasteiger partial charge in [0, 0.05) is 6.07 Å². The second kappa shape index (κ2) is 14.0. The van der Waals surface area contributed by atoms with Crippen molar-refractivity contribution in [3.8, 4) is 11.5 Å². The number of unbranched alkanes of at least 4 members (excludes halogenated alkanes) is 4. The van der Waals surface area contributed by atoms with Crippen molar-refractivity contribution in [1.82, 2.24) is 0 Å². The van der Waals surface area contributed by atoms with E-state index in [1.54, 1.807) is 12.1 Å². The van der Waals surface area contributed by atoms with Crippen LogP contribution < -0.4 is 9.47 Å². The second-order valence-electron chi connectivity index (χ2n) is 6.34. The molecule has 7 heteroatoms. The molecule has 0 bridgehead atoms. The van der Waals surface area contributed by atoms with Crippen LogP contribution in [-0.2, 0) is 4.84 Å². The average Bonchev–Trinajstić information content (AvgIpc) is 2.58. The van der Waals surface area contributed by atoms with Gasteiger partial charge in [-0.1, -0.05) is 18.0 Å². The minimum absolute atomic E-state index is 0.306. The van der Waals surface area contributed by atoms with Gasteiger partial charge in [-0.25, -0.2) is 4.39 Å². The van der Waals surface area contributed by atoms with Crippen LogP contribution >= 0.6 is 31.9 Å². The Morgan fingerprint density at radius 1 is 1.04 bits per heavy atom. The van der Waals surface area contributed by atoms with Crippen molar-refractivity contribution in [3.05, 3.63) is 33.0 Å². The number of benzene rings is 1. The molecule has 0 spiro atoms. The fourth-order valence-corrected chi connectivity index (χ4v) is 2.58. The lowest BCUT2D eigenvalue weighted by Crippen LogP contribution is -2.02. The van der Waals surface area contributed by atoms with E-state index in [2.05, 4.69) is 37.0 Å². The Balaban J connectivity index is 2.24. The maximum atomic E-state index is 14.2. The topological polar surface area (TPSA) is 40.0 Å². The Morgan fingerprint density at radius 2 is 1.70 bits per heavy atom. The van der Waals surface area contributed by atoms with Gasteiger partial charge in [-0.05, 0) is 89.6 Å². The number of hydrogen-bond donors (Lipinski definition) is 0. The summed E-state index contributed by atoms with van der Waals surface area (Å²) < 4.78 is 26.2. The molecule has 27 heavy (non-hydrogen) atoms. The van der Waals surface area contributed by atoms with Crippen LogP contribution in [0.1, 0.15) is 51.5 Å². The highest BCUT2D eigenvalue weighted by atomic mass is 79.9. The Hall–Kier alpha value is -1.08. The number of hydrogen-bond acceptors (Lipinski definition) is 4. The molecule has 1 aromatic carbocycles. The molecule has 0 aliphatic rings. The van der Waals surface area contributed by atoms with E-state index >= 15 is 0 Å². The number of rotatable bonds is 13. The molecular formula is C20H28Br2FNO3. The number of oxime groups is 1. The molecule has 0 radical (unpaired) electrons. The number of aryl methyl sites for hydroxylation is 1. The molecule has 0 atom stereocenters. The van der Waals surface area contributed by atoms with Crippen LogP contribution in [0, 0.1) is 12.7 Å². The van der Waals surface area contributed by atoms with Gasteiger partial charge in [-0.2, -0.15) is 0 Å². The first-order chi connectivity index (χ1) is 12.9. The number of ether oxygens (including phenoxy) is 2. The van der Waals surface area contributed by atoms with Gasteiger partial charge in [0.15, 0.2) is 11.6 Å². The molecule has 0 aliphatic heterocycles. The largest absolute Gasteiger partial charge is 0.490 e. The molecule has 0 saturated heterocycles. The first-order valence-corrected chi connectivity index (χ1v) is 10.7. The molecule has 0 unspecified atom stereocenters. The highest BCUT2D eigenvalue weighted by molar-refractivity contribution is 9.28. The lowest BCUT2D eigenvalue weighted by Gasteiger charge is -2.12. The maximum absolute atomic E-state index is 14.2. The lowest BCUT2D eigenvalue weighted by molar-refractivity contribution is 0.139. The van der Waals surface area contributed by atoms with Crippen LogP contribution in [-0.4, -0.2) is 25.5 Å². The molecule has 1 aromatic rings. The predicted octanol–water partition coefficient (Wildman–Crippen LogP) is 6.89. The number of nitrogens with zero attached hydrogens (tertiary/aromatic N) is 1. The molecule has 0 fully saturated rings. The minimum atomic E-state index is -0.393. The van der Waals surface area contributed by atoms with Crippen LogP contribution in [0.15, 0.2) is 26.8 Å². The average molecular weight is 509 g/mol. The molecule has 0 heterocycles. The van der Waals surface area contributed by atoms with Gasteiger partial charge in [-0.3, -0.25) is 0 Å². The van der Waals surface area contributed by atoms with E-state index < -0.39 is 5.82 Å². The highest BCUT2D eigenvalue weighted by Crippen LogP contribution is 2.28. The van der Waals surface area contributed by atoms with E-state index in [4.69, 9.17) is 14.3 Å². The third-order valence-corrected chi connectivity index (χ3v) is 4.21. The van der Waals surface area contributed by atoms with E-state index in [1.165, 1.54) is 6.07 Å². The first kappa shape index (κ1) is 24.0. The fourth-order valence-electron chi connectivity index (χ4n) is 2.31. The standard InChI is InChI=1S/C20H28Br2FNO3/c1-15(2)24-27-11-8-6-4-5-7-10-26-20-16(3)13-17(14-18(20)23)25-12-9-19(21)22/h9,13-14H,4-8,10-12H2,1-3H3. The van der Waals surface area contributed by atoms with Crippen molar-refractivity contribution in [3.63, 3.8) is 0 Å². The third-order valence-electron chi connectivity index (χ3n) is 3.56. The molecule has 0 saturated carbocycles. The summed E-state index contributed by atoms with van der Waals surface area (Å²) in [7, 11) is 0. The van der Waals surface area contributed by atoms with Crippen molar-refractivity contribution >= 4 is 37.6 Å². The Bertz CT molecular complexity index is 605. The Kier molecular flexibility index (Phi) is 12.4. The summed E-state index contributed by atoms with van der Waals surface area (Å²) in [5, 5.41) is 3.90. The van der Waals surface area contributed by atoms with Gasteiger partial charge < -0.3 is 14.3 Å². The monoisotopic (exact) mass is 507 g/mol. The second-order valence-corrected chi connectivity index (χ2v) is 9.12. The van der Waals surface area contributed by atoms with E-state index in [1.807, 2.05) is 20.8 Å². The zero-order valence-electron chi connectivity index (χ0n) is 16.2. The molecule has 1 rings (SSSR count). The predicted molar refractivity (Wildman–Crippen MR) is 116 cm³/mol. The van der Waals surface area contributed by atoms with Gasteiger partial charge in [0.25, 0.3) is 0 Å². The third kappa shape index (κ3) is 11.4. The van der Waals surface area contributed by atoms with Gasteiger partial charge in [0.1, 0.15) is 19.0 Å². The van der Waals surface area contributed by atoms with Gasteiger partial charge >= 0.3 is 0 Å². The van der Waals surface area contributed by atoms with Crippen molar-refractivity contribution in [2.45, 2.75) is 52.9 Å². The molecule has 152 valence electrons. The summed E-state index contributed by atoms with van der Waals surface area (Å²) in [6.07, 6.45) is 6.93. The summed E-state index contributed by atoms with van der Waals surface area (Å²) in [5.41, 5.74) is 1.66. The van der Waals surface area contributed by atoms with Crippen LogP contribution in [0.5, 0.6) is 11.5 Å². The van der Waals surface area contributed by atoms with Crippen molar-refractivity contribution < 1.29 is 18.7 Å². The van der Waals surface area contributed by atoms with Crippen LogP contribution in [0.4, 0.5) is 4.39 Å². The Labute approximate surface area is 178 Å². The quantitative estimate of drug-likeness (QED) is 0.165. The van der Waals surface area contributed by atoms with E-state index in [0.717, 1.165) is 46.8 Å². The van der Waals surface area contributed by atoms with Gasteiger partial charge in [0.05, 0.1) is 15.7 Å². The summed E-state index contributed by atoms with van der Waals surface area (Å²) >= 11 is 6.50. The molecule has 0 aromatic heterocycles. The fraction of sp³-hybridized carbons (Fsp3) is 0.550. The molecule has 4 nitrogen and oxygen atoms in total. The summed E-state index contributed by atoms with van der Waals surface area (Å²) in [5.74, 6) is 0.399. The number of halogens is 3. The lowest BCUT2D eigenvalue weighted by atomic mass is 10.1. The molecule has 0 amide bonds. The SMILES string of the molecule is CC(C)=NOCCCCCCCOc1c(C)cc(OCC=C(Br)Br)cc1F. The maximum Gasteiger partial charge on any atom is 0.169 e. The van der Waals surface area contributed by atoms with Crippen LogP contribution in [0.25, 0.3) is 0 Å². The summed E-state index contributed by atoms with van der Waals surface area (Å²) in [6, 6.07) is 3.15. The van der Waals surface area contributed by atoms with Crippen molar-refractivity contribution in [2.24, 2.45) is 5.16 Å². The van der Waals surface area contributed by atoms with E-state index in [9.17, 15) is 4.39 Å². The Morgan fingerprint density at radius 3 is 2.33 bits per heavy atom. The van der Waals surface area contributed by atoms with Crippen LogP contribution in [0.2, 0.25) is 0 Å². The smallest absolute Gasteiger partial charge is 0.169 e.